The van der Waals surface area contributed by atoms with Crippen molar-refractivity contribution in [2.75, 3.05) is 37.6 Å². The number of hydrogen-bond donors (Lipinski definition) is 1. The van der Waals surface area contributed by atoms with E-state index in [0.717, 1.165) is 70.0 Å². The fourth-order valence-electron chi connectivity index (χ4n) is 3.76. The van der Waals surface area contributed by atoms with Gasteiger partial charge in [-0.15, -0.1) is 10.2 Å². The number of nitrogens with zero attached hydrogens (tertiary/aromatic N) is 6. The number of anilines is 1. The van der Waals surface area contributed by atoms with Crippen molar-refractivity contribution in [2.24, 2.45) is 0 Å². The van der Waals surface area contributed by atoms with E-state index in [1.165, 1.54) is 0 Å². The van der Waals surface area contributed by atoms with Gasteiger partial charge in [-0.1, -0.05) is 12.8 Å². The molecule has 0 unspecified atom stereocenters. The Balaban J connectivity index is 1.34. The summed E-state index contributed by atoms with van der Waals surface area (Å²) in [6.07, 6.45) is 7.81. The first-order valence-electron chi connectivity index (χ1n) is 8.75. The minimum atomic E-state index is -0.451. The Bertz CT molecular complexity index is 642. The zero-order chi connectivity index (χ0) is 16.4. The zero-order valence-corrected chi connectivity index (χ0v) is 13.9. The molecule has 0 aromatic carbocycles. The molecule has 1 saturated heterocycles. The van der Waals surface area contributed by atoms with E-state index >= 15 is 0 Å². The number of hydrogen-bond acceptors (Lipinski definition) is 6. The second-order valence-electron chi connectivity index (χ2n) is 6.90. The molecular weight excluding hydrogens is 304 g/mol. The number of aliphatic hydroxyl groups is 1. The van der Waals surface area contributed by atoms with E-state index in [9.17, 15) is 5.11 Å². The molecular formula is C17H24N6O. The Morgan fingerprint density at radius 3 is 2.33 bits per heavy atom. The number of piperazine rings is 1. The van der Waals surface area contributed by atoms with E-state index in [-0.39, 0.29) is 0 Å². The van der Waals surface area contributed by atoms with Gasteiger partial charge in [-0.25, -0.2) is 4.68 Å². The van der Waals surface area contributed by atoms with E-state index in [2.05, 4.69) is 25.1 Å². The summed E-state index contributed by atoms with van der Waals surface area (Å²) in [5.74, 6) is 1.64. The first-order chi connectivity index (χ1) is 11.7. The molecule has 2 aliphatic rings. The normalized spacial score (nSPS) is 21.3. The molecule has 7 nitrogen and oxygen atoms in total. The molecule has 1 saturated carbocycles. The van der Waals surface area contributed by atoms with Crippen LogP contribution < -0.4 is 4.90 Å². The topological polar surface area (TPSA) is 70.3 Å². The van der Waals surface area contributed by atoms with Gasteiger partial charge in [0.2, 0.25) is 0 Å². The number of rotatable bonds is 4. The summed E-state index contributed by atoms with van der Waals surface area (Å²) in [4.78, 5) is 4.64. The highest BCUT2D eigenvalue weighted by molar-refractivity contribution is 5.40. The molecule has 7 heteroatoms. The maximum atomic E-state index is 10.6. The van der Waals surface area contributed by atoms with Gasteiger partial charge in [-0.2, -0.15) is 5.10 Å². The van der Waals surface area contributed by atoms with Crippen molar-refractivity contribution < 1.29 is 5.11 Å². The van der Waals surface area contributed by atoms with Gasteiger partial charge in [0.15, 0.2) is 11.6 Å². The number of aromatic nitrogens is 4. The van der Waals surface area contributed by atoms with E-state index in [0.29, 0.717) is 0 Å². The predicted molar refractivity (Wildman–Crippen MR) is 91.2 cm³/mol. The molecule has 2 aromatic rings. The highest BCUT2D eigenvalue weighted by Crippen LogP contribution is 2.30. The molecule has 2 fully saturated rings. The third-order valence-electron chi connectivity index (χ3n) is 5.12. The summed E-state index contributed by atoms with van der Waals surface area (Å²) in [6, 6.07) is 5.82. The van der Waals surface area contributed by atoms with E-state index in [4.69, 9.17) is 0 Å². The average Bonchev–Trinajstić information content (AvgIpc) is 3.28. The average molecular weight is 328 g/mol. The van der Waals surface area contributed by atoms with Gasteiger partial charge >= 0.3 is 0 Å². The first kappa shape index (κ1) is 15.5. The highest BCUT2D eigenvalue weighted by Gasteiger charge is 2.34. The Labute approximate surface area is 141 Å². The van der Waals surface area contributed by atoms with Gasteiger partial charge in [-0.05, 0) is 31.0 Å². The second-order valence-corrected chi connectivity index (χ2v) is 6.90. The molecule has 0 amide bonds. The van der Waals surface area contributed by atoms with Crippen molar-refractivity contribution in [3.05, 3.63) is 30.6 Å². The van der Waals surface area contributed by atoms with Crippen molar-refractivity contribution >= 4 is 5.82 Å². The Morgan fingerprint density at radius 1 is 1.00 bits per heavy atom. The Morgan fingerprint density at radius 2 is 1.71 bits per heavy atom. The van der Waals surface area contributed by atoms with Gasteiger partial charge in [0.25, 0.3) is 0 Å². The van der Waals surface area contributed by atoms with Gasteiger partial charge in [0.05, 0.1) is 5.60 Å². The van der Waals surface area contributed by atoms with Crippen LogP contribution in [0.5, 0.6) is 0 Å². The molecule has 0 radical (unpaired) electrons. The molecule has 1 aliphatic heterocycles. The highest BCUT2D eigenvalue weighted by atomic mass is 16.3. The quantitative estimate of drug-likeness (QED) is 0.906. The summed E-state index contributed by atoms with van der Waals surface area (Å²) in [7, 11) is 0. The zero-order valence-electron chi connectivity index (χ0n) is 13.9. The summed E-state index contributed by atoms with van der Waals surface area (Å²) in [6.45, 7) is 4.58. The molecule has 0 bridgehead atoms. The fourth-order valence-corrected chi connectivity index (χ4v) is 3.76. The summed E-state index contributed by atoms with van der Waals surface area (Å²) in [5.41, 5.74) is -0.451. The van der Waals surface area contributed by atoms with Gasteiger partial charge in [0, 0.05) is 45.1 Å². The third kappa shape index (κ3) is 3.27. The maximum Gasteiger partial charge on any atom is 0.175 e. The lowest BCUT2D eigenvalue weighted by Gasteiger charge is -2.38. The van der Waals surface area contributed by atoms with Crippen molar-refractivity contribution in [3.8, 4) is 5.82 Å². The van der Waals surface area contributed by atoms with Crippen LogP contribution in [0.15, 0.2) is 30.6 Å². The van der Waals surface area contributed by atoms with E-state index in [1.807, 2.05) is 24.4 Å². The standard InChI is InChI=1S/C17H24N6O/c24-17(6-1-2-7-17)14-21-10-12-22(13-11-21)15-4-5-16(20-19-15)23-9-3-8-18-23/h3-5,8-9,24H,1-2,6-7,10-14H2. The predicted octanol–water partition coefficient (Wildman–Crippen LogP) is 1.09. The summed E-state index contributed by atoms with van der Waals surface area (Å²) < 4.78 is 1.71. The first-order valence-corrected chi connectivity index (χ1v) is 8.75. The van der Waals surface area contributed by atoms with Crippen LogP contribution in [0.4, 0.5) is 5.82 Å². The van der Waals surface area contributed by atoms with E-state index < -0.39 is 5.60 Å². The smallest absolute Gasteiger partial charge is 0.175 e. The van der Waals surface area contributed by atoms with Gasteiger partial charge in [-0.3, -0.25) is 4.90 Å². The lowest BCUT2D eigenvalue weighted by molar-refractivity contribution is 0.00799. The van der Waals surface area contributed by atoms with Gasteiger partial charge < -0.3 is 10.0 Å². The van der Waals surface area contributed by atoms with Crippen LogP contribution in [0.3, 0.4) is 0 Å². The molecule has 128 valence electrons. The van der Waals surface area contributed by atoms with Crippen LogP contribution in [0.25, 0.3) is 5.82 Å². The SMILES string of the molecule is OC1(CN2CCN(c3ccc(-n4cccn4)nn3)CC2)CCCC1. The third-order valence-corrected chi connectivity index (χ3v) is 5.12. The van der Waals surface area contributed by atoms with Crippen LogP contribution in [0, 0.1) is 0 Å². The Hall–Kier alpha value is -1.99. The van der Waals surface area contributed by atoms with E-state index in [1.54, 1.807) is 10.9 Å². The molecule has 3 heterocycles. The molecule has 4 rings (SSSR count). The maximum absolute atomic E-state index is 10.6. The molecule has 1 aliphatic carbocycles. The second kappa shape index (κ2) is 6.49. The minimum absolute atomic E-state index is 0.451. The monoisotopic (exact) mass is 328 g/mol. The largest absolute Gasteiger partial charge is 0.389 e. The minimum Gasteiger partial charge on any atom is -0.389 e. The van der Waals surface area contributed by atoms with Crippen molar-refractivity contribution in [2.45, 2.75) is 31.3 Å². The lowest BCUT2D eigenvalue weighted by atomic mass is 10.0. The molecule has 24 heavy (non-hydrogen) atoms. The summed E-state index contributed by atoms with van der Waals surface area (Å²) in [5, 5.41) is 23.3. The van der Waals surface area contributed by atoms with Gasteiger partial charge in [0.1, 0.15) is 0 Å². The van der Waals surface area contributed by atoms with Crippen molar-refractivity contribution in [3.63, 3.8) is 0 Å². The van der Waals surface area contributed by atoms with Crippen molar-refractivity contribution in [1.29, 1.82) is 0 Å². The molecule has 1 N–H and O–H groups in total. The molecule has 2 aromatic heterocycles. The molecule has 0 spiro atoms. The van der Waals surface area contributed by atoms with Crippen LogP contribution in [0.2, 0.25) is 0 Å². The summed E-state index contributed by atoms with van der Waals surface area (Å²) >= 11 is 0. The van der Waals surface area contributed by atoms with Crippen LogP contribution in [0.1, 0.15) is 25.7 Å². The number of β-amino-alcohol motifs (C(OH)–C–C–N with tert-alkyl or cyclic N) is 1. The fraction of sp³-hybridized carbons (Fsp3) is 0.588. The van der Waals surface area contributed by atoms with Crippen LogP contribution in [-0.4, -0.2) is 68.3 Å². The Kier molecular flexibility index (Phi) is 4.20. The molecule has 0 atom stereocenters. The van der Waals surface area contributed by atoms with Crippen LogP contribution >= 0.6 is 0 Å². The van der Waals surface area contributed by atoms with Crippen molar-refractivity contribution in [1.82, 2.24) is 24.9 Å². The van der Waals surface area contributed by atoms with Crippen LogP contribution in [-0.2, 0) is 0 Å². The lowest BCUT2D eigenvalue weighted by Crippen LogP contribution is -2.51.